The minimum atomic E-state index is -1.15. The molecule has 150 valence electrons. The van der Waals surface area contributed by atoms with Gasteiger partial charge < -0.3 is 14.2 Å². The van der Waals surface area contributed by atoms with Gasteiger partial charge in [0.1, 0.15) is 12.1 Å². The summed E-state index contributed by atoms with van der Waals surface area (Å²) in [4.78, 5) is 26.7. The van der Waals surface area contributed by atoms with E-state index < -0.39 is 11.6 Å². The van der Waals surface area contributed by atoms with Crippen molar-refractivity contribution < 1.29 is 18.4 Å². The van der Waals surface area contributed by atoms with Gasteiger partial charge in [0.15, 0.2) is 10.4 Å². The summed E-state index contributed by atoms with van der Waals surface area (Å²) in [5, 5.41) is 10.6. The fourth-order valence-corrected chi connectivity index (χ4v) is 3.53. The maximum absolute atomic E-state index is 13.1. The molecule has 3 aromatic rings. The van der Waals surface area contributed by atoms with Crippen molar-refractivity contribution in [3.8, 4) is 11.7 Å². The minimum absolute atomic E-state index is 0.126. The molecule has 4 rings (SSSR count). The fourth-order valence-electron chi connectivity index (χ4n) is 3.22. The second kappa shape index (κ2) is 7.14. The summed E-state index contributed by atoms with van der Waals surface area (Å²) in [5.74, 6) is 0.701. The Kier molecular flexibility index (Phi) is 4.77. The number of hydrogen-bond acceptors (Lipinski definition) is 6. The molecular formula is C20H19BrN4O4. The summed E-state index contributed by atoms with van der Waals surface area (Å²) in [6, 6.07) is 10.6. The molecule has 1 N–H and O–H groups in total. The van der Waals surface area contributed by atoms with Crippen molar-refractivity contribution in [2.24, 2.45) is 0 Å². The van der Waals surface area contributed by atoms with Crippen molar-refractivity contribution in [3.63, 3.8) is 0 Å². The molecule has 1 aliphatic heterocycles. The van der Waals surface area contributed by atoms with Crippen LogP contribution < -0.4 is 5.32 Å². The number of urea groups is 1. The molecule has 3 heterocycles. The predicted octanol–water partition coefficient (Wildman–Crippen LogP) is 4.18. The number of rotatable bonds is 5. The zero-order chi connectivity index (χ0) is 20.8. The highest BCUT2D eigenvalue weighted by Gasteiger charge is 2.49. The lowest BCUT2D eigenvalue weighted by Crippen LogP contribution is -2.40. The van der Waals surface area contributed by atoms with E-state index >= 15 is 0 Å². The first-order valence-corrected chi connectivity index (χ1v) is 9.90. The van der Waals surface area contributed by atoms with Crippen molar-refractivity contribution in [1.82, 2.24) is 20.4 Å². The highest BCUT2D eigenvalue weighted by molar-refractivity contribution is 9.10. The molecule has 3 amide bonds. The Balaban J connectivity index is 1.54. The molecule has 1 unspecified atom stereocenters. The third-order valence-electron chi connectivity index (χ3n) is 4.97. The number of benzene rings is 1. The van der Waals surface area contributed by atoms with Crippen LogP contribution in [-0.2, 0) is 16.9 Å². The zero-order valence-electron chi connectivity index (χ0n) is 16.1. The van der Waals surface area contributed by atoms with Crippen LogP contribution in [0, 0.1) is 0 Å². The van der Waals surface area contributed by atoms with Crippen LogP contribution in [0.5, 0.6) is 0 Å². The van der Waals surface area contributed by atoms with Gasteiger partial charge in [0.05, 0.1) is 0 Å². The van der Waals surface area contributed by atoms with Crippen LogP contribution >= 0.6 is 15.9 Å². The highest BCUT2D eigenvalue weighted by Crippen LogP contribution is 2.31. The average molecular weight is 459 g/mol. The Bertz CT molecular complexity index is 1070. The Morgan fingerprint density at radius 1 is 1.10 bits per heavy atom. The number of carbonyl (C=O) groups excluding carboxylic acids is 2. The summed E-state index contributed by atoms with van der Waals surface area (Å²) in [6.07, 6.45) is 0. The summed E-state index contributed by atoms with van der Waals surface area (Å²) in [5.41, 5.74) is 0.727. The molecule has 8 nitrogen and oxygen atoms in total. The lowest BCUT2D eigenvalue weighted by molar-refractivity contribution is -0.131. The maximum atomic E-state index is 13.1. The molecule has 1 aliphatic rings. The number of amides is 3. The van der Waals surface area contributed by atoms with Crippen LogP contribution in [0.25, 0.3) is 11.7 Å². The van der Waals surface area contributed by atoms with Crippen LogP contribution in [0.3, 0.4) is 0 Å². The first-order valence-electron chi connectivity index (χ1n) is 9.10. The van der Waals surface area contributed by atoms with Crippen molar-refractivity contribution in [2.45, 2.75) is 38.8 Å². The topological polar surface area (TPSA) is 101 Å². The molecule has 2 aromatic heterocycles. The van der Waals surface area contributed by atoms with Crippen LogP contribution in [0.15, 0.2) is 49.9 Å². The van der Waals surface area contributed by atoms with E-state index in [1.807, 2.05) is 24.3 Å². The molecule has 0 bridgehead atoms. The zero-order valence-corrected chi connectivity index (χ0v) is 17.7. The van der Waals surface area contributed by atoms with Gasteiger partial charge in [-0.25, -0.2) is 4.79 Å². The molecule has 0 aliphatic carbocycles. The van der Waals surface area contributed by atoms with Gasteiger partial charge in [-0.3, -0.25) is 9.69 Å². The van der Waals surface area contributed by atoms with E-state index in [0.29, 0.717) is 16.3 Å². The number of imide groups is 1. The Morgan fingerprint density at radius 3 is 2.45 bits per heavy atom. The second-order valence-corrected chi connectivity index (χ2v) is 8.11. The van der Waals surface area contributed by atoms with E-state index in [9.17, 15) is 9.59 Å². The minimum Gasteiger partial charge on any atom is -0.444 e. The molecule has 1 aromatic carbocycles. The van der Waals surface area contributed by atoms with Crippen LogP contribution in [0.2, 0.25) is 0 Å². The molecule has 1 atom stereocenters. The fraction of sp³-hybridized carbons (Fsp3) is 0.300. The highest BCUT2D eigenvalue weighted by atomic mass is 79.9. The summed E-state index contributed by atoms with van der Waals surface area (Å²) < 4.78 is 11.4. The lowest BCUT2D eigenvalue weighted by Gasteiger charge is -2.22. The molecule has 9 heteroatoms. The van der Waals surface area contributed by atoms with Gasteiger partial charge in [-0.2, -0.15) is 0 Å². The number of aromatic nitrogens is 2. The first-order chi connectivity index (χ1) is 13.8. The first kappa shape index (κ1) is 19.4. The monoisotopic (exact) mass is 458 g/mol. The smallest absolute Gasteiger partial charge is 0.325 e. The van der Waals surface area contributed by atoms with Crippen molar-refractivity contribution in [2.75, 3.05) is 0 Å². The number of hydrogen-bond donors (Lipinski definition) is 1. The van der Waals surface area contributed by atoms with Gasteiger partial charge in [-0.1, -0.05) is 38.1 Å². The molecule has 29 heavy (non-hydrogen) atoms. The summed E-state index contributed by atoms with van der Waals surface area (Å²) >= 11 is 3.21. The van der Waals surface area contributed by atoms with Gasteiger partial charge in [0.25, 0.3) is 11.8 Å². The van der Waals surface area contributed by atoms with Crippen molar-refractivity contribution >= 4 is 27.9 Å². The third kappa shape index (κ3) is 3.46. The van der Waals surface area contributed by atoms with E-state index in [0.717, 1.165) is 16.0 Å². The van der Waals surface area contributed by atoms with Crippen LogP contribution in [0.1, 0.15) is 43.7 Å². The molecule has 0 saturated carbocycles. The molecule has 1 saturated heterocycles. The van der Waals surface area contributed by atoms with Gasteiger partial charge in [-0.15, -0.1) is 10.2 Å². The number of nitrogens with zero attached hydrogens (tertiary/aromatic N) is 3. The third-order valence-corrected chi connectivity index (χ3v) is 5.40. The Morgan fingerprint density at radius 2 is 1.83 bits per heavy atom. The maximum Gasteiger partial charge on any atom is 0.325 e. The van der Waals surface area contributed by atoms with Crippen LogP contribution in [0.4, 0.5) is 4.79 Å². The number of nitrogens with one attached hydrogen (secondary N) is 1. The van der Waals surface area contributed by atoms with Gasteiger partial charge in [0, 0.05) is 0 Å². The summed E-state index contributed by atoms with van der Waals surface area (Å²) in [6.45, 7) is 5.76. The Hall–Kier alpha value is -2.94. The Labute approximate surface area is 175 Å². The normalized spacial score (nSPS) is 19.3. The molecule has 1 fully saturated rings. The van der Waals surface area contributed by atoms with Crippen molar-refractivity contribution in [3.05, 3.63) is 58.1 Å². The van der Waals surface area contributed by atoms with Crippen molar-refractivity contribution in [1.29, 1.82) is 0 Å². The van der Waals surface area contributed by atoms with Crippen LogP contribution in [-0.4, -0.2) is 27.0 Å². The molecule has 0 radical (unpaired) electrons. The quantitative estimate of drug-likeness (QED) is 0.575. The van der Waals surface area contributed by atoms with Gasteiger partial charge in [0.2, 0.25) is 5.89 Å². The number of halogens is 1. The molecular weight excluding hydrogens is 440 g/mol. The van der Waals surface area contributed by atoms with E-state index in [4.69, 9.17) is 8.83 Å². The molecule has 0 spiro atoms. The number of furan rings is 1. The van der Waals surface area contributed by atoms with E-state index in [1.54, 1.807) is 19.1 Å². The van der Waals surface area contributed by atoms with E-state index in [1.165, 1.54) is 0 Å². The van der Waals surface area contributed by atoms with E-state index in [-0.39, 0.29) is 24.2 Å². The lowest BCUT2D eigenvalue weighted by atomic mass is 9.90. The van der Waals surface area contributed by atoms with Gasteiger partial charge in [-0.05, 0) is 52.0 Å². The SMILES string of the molecule is CC(C)c1ccc(C2(C)NC(=O)N(Cc3nnc(-c4ccc(Br)o4)o3)C2=O)cc1. The standard InChI is InChI=1S/C20H19BrN4O4/c1-11(2)12-4-6-13(7-5-12)20(3)18(26)25(19(27)22-20)10-16-23-24-17(29-16)14-8-9-15(21)28-14/h4-9,11H,10H2,1-3H3,(H,22,27). The average Bonchev–Trinajstić information content (AvgIpc) is 3.38. The second-order valence-electron chi connectivity index (χ2n) is 7.33. The summed E-state index contributed by atoms with van der Waals surface area (Å²) in [7, 11) is 0. The predicted molar refractivity (Wildman–Crippen MR) is 107 cm³/mol. The largest absolute Gasteiger partial charge is 0.444 e. The van der Waals surface area contributed by atoms with E-state index in [2.05, 4.69) is 45.3 Å². The number of carbonyl (C=O) groups is 2. The van der Waals surface area contributed by atoms with Gasteiger partial charge >= 0.3 is 6.03 Å².